The van der Waals surface area contributed by atoms with E-state index in [4.69, 9.17) is 15.2 Å². The number of nitrogens with one attached hydrogen (secondary N) is 1. The number of fused-ring (bicyclic) bond motifs is 2. The smallest absolute Gasteiger partial charge is 0.188 e. The molecule has 6 heteroatoms. The number of halogens is 1. The fourth-order valence-electron chi connectivity index (χ4n) is 4.62. The average Bonchev–Trinajstić information content (AvgIpc) is 3.13. The molecule has 3 unspecified atom stereocenters. The Balaban J connectivity index is 0.00000176. The summed E-state index contributed by atoms with van der Waals surface area (Å²) in [6, 6.07) is 0.475. The van der Waals surface area contributed by atoms with Gasteiger partial charge in [0.25, 0.3) is 0 Å². The van der Waals surface area contributed by atoms with Crippen LogP contribution in [0.5, 0.6) is 0 Å². The molecule has 3 atom stereocenters. The lowest BCUT2D eigenvalue weighted by atomic mass is 9.54. The van der Waals surface area contributed by atoms with E-state index in [0.29, 0.717) is 29.4 Å². The average molecular weight is 423 g/mol. The van der Waals surface area contributed by atoms with Gasteiger partial charge in [-0.05, 0) is 32.6 Å². The van der Waals surface area contributed by atoms with Crippen molar-refractivity contribution in [2.24, 2.45) is 22.1 Å². The van der Waals surface area contributed by atoms with Crippen molar-refractivity contribution in [3.05, 3.63) is 0 Å². The third-order valence-electron chi connectivity index (χ3n) is 5.52. The molecule has 1 aliphatic heterocycles. The van der Waals surface area contributed by atoms with E-state index in [1.165, 1.54) is 32.1 Å². The molecule has 2 aliphatic carbocycles. The lowest BCUT2D eigenvalue weighted by molar-refractivity contribution is -0.124. The molecule has 3 aliphatic rings. The molecule has 0 radical (unpaired) electrons. The molecule has 3 fully saturated rings. The fraction of sp³-hybridized carbons (Fsp3) is 0.938. The molecule has 128 valence electrons. The molecule has 0 bridgehead atoms. The summed E-state index contributed by atoms with van der Waals surface area (Å²) in [5.41, 5.74) is 6.43. The standard InChI is InChI=1S/C16H29N3O2.HI/c1-2-20-10-5-9-18-15(17)19-13-12-6-11-21-14(12)16(13)7-3-4-8-16;/h12-14H,2-11H2,1H3,(H3,17,18,19);1H. The molecule has 5 nitrogen and oxygen atoms in total. The van der Waals surface area contributed by atoms with Crippen molar-refractivity contribution in [1.82, 2.24) is 5.32 Å². The first-order valence-corrected chi connectivity index (χ1v) is 8.54. The van der Waals surface area contributed by atoms with Gasteiger partial charge in [0.2, 0.25) is 0 Å². The second kappa shape index (κ2) is 8.15. The van der Waals surface area contributed by atoms with Crippen LogP contribution in [0.25, 0.3) is 0 Å². The second-order valence-electron chi connectivity index (χ2n) is 6.62. The van der Waals surface area contributed by atoms with E-state index in [9.17, 15) is 0 Å². The molecule has 3 N–H and O–H groups in total. The summed E-state index contributed by atoms with van der Waals surface area (Å²) in [6.07, 6.45) is 7.80. The summed E-state index contributed by atoms with van der Waals surface area (Å²) in [5, 5.41) is 3.52. The summed E-state index contributed by atoms with van der Waals surface area (Å²) in [4.78, 5) is 4.45. The molecule has 1 saturated heterocycles. The maximum Gasteiger partial charge on any atom is 0.188 e. The lowest BCUT2D eigenvalue weighted by Crippen LogP contribution is -2.69. The maximum absolute atomic E-state index is 6.09. The molecule has 0 aromatic heterocycles. The van der Waals surface area contributed by atoms with Crippen LogP contribution in [0, 0.1) is 11.3 Å². The first-order valence-electron chi connectivity index (χ1n) is 8.54. The number of guanidine groups is 1. The summed E-state index contributed by atoms with van der Waals surface area (Å²) in [7, 11) is 0. The Bertz CT molecular complexity index is 386. The Morgan fingerprint density at radius 2 is 2.18 bits per heavy atom. The summed E-state index contributed by atoms with van der Waals surface area (Å²) in [6.45, 7) is 5.20. The number of nitrogens with two attached hydrogens (primary N) is 1. The molecular weight excluding hydrogens is 393 g/mol. The van der Waals surface area contributed by atoms with E-state index >= 15 is 0 Å². The van der Waals surface area contributed by atoms with Gasteiger partial charge in [-0.2, -0.15) is 0 Å². The van der Waals surface area contributed by atoms with E-state index in [-0.39, 0.29) is 24.0 Å². The predicted molar refractivity (Wildman–Crippen MR) is 98.7 cm³/mol. The van der Waals surface area contributed by atoms with E-state index in [1.54, 1.807) is 0 Å². The zero-order chi connectivity index (χ0) is 14.7. The first-order chi connectivity index (χ1) is 10.3. The highest BCUT2D eigenvalue weighted by Gasteiger charge is 2.64. The first kappa shape index (κ1) is 18.3. The van der Waals surface area contributed by atoms with Gasteiger partial charge in [0.15, 0.2) is 5.96 Å². The molecular formula is C16H30IN3O2. The highest BCUT2D eigenvalue weighted by Crippen LogP contribution is 2.60. The van der Waals surface area contributed by atoms with Crippen LogP contribution in [0.15, 0.2) is 4.99 Å². The molecule has 0 aromatic rings. The van der Waals surface area contributed by atoms with E-state index in [2.05, 4.69) is 10.3 Å². The van der Waals surface area contributed by atoms with Crippen LogP contribution >= 0.6 is 24.0 Å². The van der Waals surface area contributed by atoms with Crippen LogP contribution in [0.1, 0.15) is 45.4 Å². The number of hydrogen-bond acceptors (Lipinski definition) is 3. The minimum atomic E-state index is 0. The van der Waals surface area contributed by atoms with E-state index in [0.717, 1.165) is 32.8 Å². The Kier molecular flexibility index (Phi) is 6.76. The molecule has 0 aromatic carbocycles. The van der Waals surface area contributed by atoms with Gasteiger partial charge < -0.3 is 20.5 Å². The summed E-state index contributed by atoms with van der Waals surface area (Å²) in [5.74, 6) is 1.24. The minimum absolute atomic E-state index is 0. The SMILES string of the molecule is CCOCCCN=C(N)NC1C2CCOC2C12CCCC2.I. The maximum atomic E-state index is 6.09. The summed E-state index contributed by atoms with van der Waals surface area (Å²) < 4.78 is 11.3. The van der Waals surface area contributed by atoms with Crippen molar-refractivity contribution < 1.29 is 9.47 Å². The van der Waals surface area contributed by atoms with Gasteiger partial charge in [-0.15, -0.1) is 24.0 Å². The zero-order valence-electron chi connectivity index (χ0n) is 13.6. The number of nitrogens with zero attached hydrogens (tertiary/aromatic N) is 1. The molecule has 1 heterocycles. The van der Waals surface area contributed by atoms with Crippen molar-refractivity contribution >= 4 is 29.9 Å². The van der Waals surface area contributed by atoms with Gasteiger partial charge in [-0.25, -0.2) is 0 Å². The zero-order valence-corrected chi connectivity index (χ0v) is 15.9. The van der Waals surface area contributed by atoms with Crippen molar-refractivity contribution in [1.29, 1.82) is 0 Å². The monoisotopic (exact) mass is 423 g/mol. The molecule has 22 heavy (non-hydrogen) atoms. The third-order valence-corrected chi connectivity index (χ3v) is 5.52. The van der Waals surface area contributed by atoms with Gasteiger partial charge >= 0.3 is 0 Å². The molecule has 1 spiro atoms. The summed E-state index contributed by atoms with van der Waals surface area (Å²) >= 11 is 0. The Hall–Kier alpha value is -0.0800. The Labute approximate surface area is 150 Å². The van der Waals surface area contributed by atoms with Gasteiger partial charge in [-0.3, -0.25) is 4.99 Å². The van der Waals surface area contributed by atoms with Crippen LogP contribution in [0.4, 0.5) is 0 Å². The molecule has 0 amide bonds. The van der Waals surface area contributed by atoms with Crippen LogP contribution in [0.2, 0.25) is 0 Å². The van der Waals surface area contributed by atoms with Gasteiger partial charge in [-0.1, -0.05) is 12.8 Å². The number of aliphatic imine (C=N–C) groups is 1. The number of hydrogen-bond donors (Lipinski definition) is 2. The number of rotatable bonds is 6. The second-order valence-corrected chi connectivity index (χ2v) is 6.62. The largest absolute Gasteiger partial charge is 0.382 e. The topological polar surface area (TPSA) is 68.9 Å². The van der Waals surface area contributed by atoms with Crippen LogP contribution in [0.3, 0.4) is 0 Å². The molecule has 3 rings (SSSR count). The fourth-order valence-corrected chi connectivity index (χ4v) is 4.62. The molecule has 2 saturated carbocycles. The third kappa shape index (κ3) is 3.38. The minimum Gasteiger partial charge on any atom is -0.382 e. The van der Waals surface area contributed by atoms with Gasteiger partial charge in [0.1, 0.15) is 0 Å². The number of ether oxygens (including phenoxy) is 2. The van der Waals surface area contributed by atoms with Crippen molar-refractivity contribution in [2.45, 2.75) is 57.6 Å². The van der Waals surface area contributed by atoms with E-state index < -0.39 is 0 Å². The van der Waals surface area contributed by atoms with E-state index in [1.807, 2.05) is 6.92 Å². The Morgan fingerprint density at radius 3 is 2.91 bits per heavy atom. The van der Waals surface area contributed by atoms with Gasteiger partial charge in [0.05, 0.1) is 6.10 Å². The van der Waals surface area contributed by atoms with Crippen molar-refractivity contribution in [3.63, 3.8) is 0 Å². The van der Waals surface area contributed by atoms with Crippen LogP contribution < -0.4 is 11.1 Å². The Morgan fingerprint density at radius 1 is 1.41 bits per heavy atom. The quantitative estimate of drug-likeness (QED) is 0.298. The van der Waals surface area contributed by atoms with Gasteiger partial charge in [0, 0.05) is 43.7 Å². The highest BCUT2D eigenvalue weighted by molar-refractivity contribution is 14.0. The van der Waals surface area contributed by atoms with Crippen molar-refractivity contribution in [3.8, 4) is 0 Å². The predicted octanol–water partition coefficient (Wildman–Crippen LogP) is 2.28. The highest BCUT2D eigenvalue weighted by atomic mass is 127. The van der Waals surface area contributed by atoms with Crippen molar-refractivity contribution in [2.75, 3.05) is 26.4 Å². The van der Waals surface area contributed by atoms with Crippen LogP contribution in [-0.2, 0) is 9.47 Å². The van der Waals surface area contributed by atoms with Crippen LogP contribution in [-0.4, -0.2) is 44.5 Å². The normalized spacial score (nSPS) is 32.4. The lowest BCUT2D eigenvalue weighted by Gasteiger charge is -2.57.